The second kappa shape index (κ2) is 12.8. The van der Waals surface area contributed by atoms with Gasteiger partial charge in [-0.2, -0.15) is 19.9 Å². The molecule has 16 heteroatoms. The number of pyridine rings is 2. The molecule has 13 nitrogen and oxygen atoms in total. The monoisotopic (exact) mass is 729 g/mol. The van der Waals surface area contributed by atoms with E-state index >= 15 is 4.39 Å². The standard InChI is InChI=1S/C35H42ClF2N7O6/c1-33(2,3)50-31(46)45(32(47)51-34(4,5)6)27-19(9-7-13-39-27)16-44-21-10-11-22(21)49-29-23-25(24(38)26(36)41-29)40-30(42-28(23)44)48-18-35-12-8-14-43(35)17-20(37)15-35/h7,9,13,20-22H,8,10-12,14-18H2,1-6H3/t20-,21?,22?,35+/m1/s1. The molecule has 0 aromatic carbocycles. The maximum absolute atomic E-state index is 15.8. The number of alkyl halides is 1. The van der Waals surface area contributed by atoms with Gasteiger partial charge in [-0.15, -0.1) is 0 Å². The van der Waals surface area contributed by atoms with Crippen molar-refractivity contribution in [3.8, 4) is 11.9 Å². The highest BCUT2D eigenvalue weighted by atomic mass is 35.5. The molecule has 0 spiro atoms. The number of halogens is 3. The Morgan fingerprint density at radius 2 is 1.82 bits per heavy atom. The Hall–Kier alpha value is -4.11. The van der Waals surface area contributed by atoms with E-state index < -0.39 is 46.1 Å². The molecule has 3 aliphatic heterocycles. The number of anilines is 2. The van der Waals surface area contributed by atoms with E-state index in [4.69, 9.17) is 35.5 Å². The smallest absolute Gasteiger partial charge is 0.425 e. The van der Waals surface area contributed by atoms with Crippen LogP contribution < -0.4 is 19.3 Å². The van der Waals surface area contributed by atoms with Gasteiger partial charge in [0.15, 0.2) is 16.8 Å². The Morgan fingerprint density at radius 1 is 1.10 bits per heavy atom. The van der Waals surface area contributed by atoms with Crippen LogP contribution in [0.15, 0.2) is 18.3 Å². The highest BCUT2D eigenvalue weighted by Crippen LogP contribution is 2.46. The maximum Gasteiger partial charge on any atom is 0.425 e. The zero-order valence-electron chi connectivity index (χ0n) is 29.5. The van der Waals surface area contributed by atoms with Gasteiger partial charge in [0.1, 0.15) is 46.8 Å². The Balaban J connectivity index is 1.31. The molecule has 2 saturated heterocycles. The first-order valence-electron chi connectivity index (χ1n) is 17.2. The van der Waals surface area contributed by atoms with Gasteiger partial charge >= 0.3 is 18.2 Å². The average Bonchev–Trinajstić information content (AvgIpc) is 3.52. The van der Waals surface area contributed by atoms with Crippen molar-refractivity contribution in [2.45, 2.75) is 115 Å². The molecular formula is C35H42ClF2N7O6. The summed E-state index contributed by atoms with van der Waals surface area (Å²) in [6, 6.07) is 3.02. The fraction of sp³-hybridized carbons (Fsp3) is 0.600. The third-order valence-corrected chi connectivity index (χ3v) is 9.84. The van der Waals surface area contributed by atoms with Crippen molar-refractivity contribution in [1.82, 2.24) is 24.8 Å². The third-order valence-electron chi connectivity index (χ3n) is 9.59. The number of hydrogen-bond acceptors (Lipinski definition) is 12. The van der Waals surface area contributed by atoms with E-state index in [2.05, 4.69) is 19.9 Å². The normalized spacial score (nSPS) is 24.3. The number of aromatic nitrogens is 4. The van der Waals surface area contributed by atoms with Crippen LogP contribution in [0.1, 0.15) is 79.2 Å². The zero-order valence-corrected chi connectivity index (χ0v) is 30.3. The number of fused-ring (bicyclic) bond motifs is 2. The Labute approximate surface area is 299 Å². The second-order valence-corrected chi connectivity index (χ2v) is 16.0. The molecule has 274 valence electrons. The largest absolute Gasteiger partial charge is 0.472 e. The molecule has 0 N–H and O–H groups in total. The summed E-state index contributed by atoms with van der Waals surface area (Å²) in [7, 11) is 0. The van der Waals surface area contributed by atoms with Crippen molar-refractivity contribution in [3.05, 3.63) is 34.9 Å². The number of carbonyl (C=O) groups excluding carboxylic acids is 2. The van der Waals surface area contributed by atoms with Gasteiger partial charge in [-0.1, -0.05) is 17.7 Å². The van der Waals surface area contributed by atoms with E-state index in [1.165, 1.54) is 6.20 Å². The van der Waals surface area contributed by atoms with Crippen LogP contribution in [0, 0.1) is 5.82 Å². The first-order chi connectivity index (χ1) is 24.0. The van der Waals surface area contributed by atoms with E-state index in [0.29, 0.717) is 31.4 Å². The predicted octanol–water partition coefficient (Wildman–Crippen LogP) is 6.77. The van der Waals surface area contributed by atoms with E-state index in [-0.39, 0.29) is 59.7 Å². The first kappa shape index (κ1) is 35.3. The van der Waals surface area contributed by atoms with Gasteiger partial charge in [0, 0.05) is 31.3 Å². The summed E-state index contributed by atoms with van der Waals surface area (Å²) in [5, 5.41) is -0.209. The van der Waals surface area contributed by atoms with E-state index in [1.807, 2.05) is 4.90 Å². The topological polar surface area (TPSA) is 132 Å². The highest BCUT2D eigenvalue weighted by Gasteiger charge is 2.50. The number of nitrogens with zero attached hydrogens (tertiary/aromatic N) is 7. The van der Waals surface area contributed by atoms with Crippen LogP contribution in [-0.2, 0) is 16.0 Å². The van der Waals surface area contributed by atoms with Gasteiger partial charge in [0.25, 0.3) is 0 Å². The van der Waals surface area contributed by atoms with Crippen LogP contribution in [0.25, 0.3) is 10.9 Å². The zero-order chi connectivity index (χ0) is 36.5. The molecular weight excluding hydrogens is 688 g/mol. The molecule has 3 aromatic heterocycles. The number of imide groups is 1. The van der Waals surface area contributed by atoms with Crippen LogP contribution in [0.4, 0.5) is 30.0 Å². The van der Waals surface area contributed by atoms with Gasteiger partial charge < -0.3 is 23.8 Å². The Bertz CT molecular complexity index is 1840. The molecule has 6 heterocycles. The molecule has 1 aliphatic carbocycles. The van der Waals surface area contributed by atoms with Gasteiger partial charge in [0.2, 0.25) is 5.88 Å². The SMILES string of the molecule is CC(C)(C)OC(=O)N(C(=O)OC(C)(C)C)c1ncccc1CN1c2nc(OC[C@@]34CCCN3C[C@H](F)C4)nc3c(F)c(Cl)nc(c23)OC2CCC21. The number of amides is 2. The second-order valence-electron chi connectivity index (χ2n) is 15.7. The molecule has 4 atom stereocenters. The summed E-state index contributed by atoms with van der Waals surface area (Å²) in [5.41, 5.74) is -2.05. The summed E-state index contributed by atoms with van der Waals surface area (Å²) in [5.74, 6) is -0.518. The van der Waals surface area contributed by atoms with Gasteiger partial charge in [-0.25, -0.2) is 23.4 Å². The lowest BCUT2D eigenvalue weighted by molar-refractivity contribution is 0.0428. The van der Waals surface area contributed by atoms with Crippen molar-refractivity contribution >= 4 is 46.3 Å². The first-order valence-corrected chi connectivity index (χ1v) is 17.6. The molecule has 2 unspecified atom stereocenters. The van der Waals surface area contributed by atoms with Crippen molar-refractivity contribution in [2.75, 3.05) is 29.5 Å². The lowest BCUT2D eigenvalue weighted by Gasteiger charge is -2.42. The minimum Gasteiger partial charge on any atom is -0.472 e. The van der Waals surface area contributed by atoms with Crippen LogP contribution >= 0.6 is 11.6 Å². The average molecular weight is 730 g/mol. The fourth-order valence-corrected chi connectivity index (χ4v) is 7.49. The van der Waals surface area contributed by atoms with Gasteiger partial charge in [-0.05, 0) is 79.8 Å². The lowest BCUT2D eigenvalue weighted by Crippen LogP contribution is -2.52. The minimum atomic E-state index is -0.966. The van der Waals surface area contributed by atoms with Gasteiger partial charge in [-0.3, -0.25) is 4.90 Å². The number of hydrogen-bond donors (Lipinski definition) is 0. The van der Waals surface area contributed by atoms with E-state index in [9.17, 15) is 14.0 Å². The molecule has 0 radical (unpaired) electrons. The molecule has 4 aliphatic rings. The molecule has 0 bridgehead atoms. The Morgan fingerprint density at radius 3 is 2.49 bits per heavy atom. The fourth-order valence-electron chi connectivity index (χ4n) is 7.32. The molecule has 2 amide bonds. The molecule has 51 heavy (non-hydrogen) atoms. The molecule has 3 fully saturated rings. The van der Waals surface area contributed by atoms with E-state index in [0.717, 1.165) is 24.3 Å². The third kappa shape index (κ3) is 6.82. The molecule has 7 rings (SSSR count). The number of ether oxygens (including phenoxy) is 4. The quantitative estimate of drug-likeness (QED) is 0.248. The summed E-state index contributed by atoms with van der Waals surface area (Å²) in [6.45, 7) is 11.4. The highest BCUT2D eigenvalue weighted by molar-refractivity contribution is 6.30. The minimum absolute atomic E-state index is 0.00752. The van der Waals surface area contributed by atoms with E-state index in [1.54, 1.807) is 53.7 Å². The van der Waals surface area contributed by atoms with Crippen molar-refractivity contribution in [2.24, 2.45) is 0 Å². The summed E-state index contributed by atoms with van der Waals surface area (Å²) >= 11 is 6.27. The lowest BCUT2D eigenvalue weighted by atomic mass is 9.87. The van der Waals surface area contributed by atoms with Crippen LogP contribution in [0.3, 0.4) is 0 Å². The van der Waals surface area contributed by atoms with Crippen molar-refractivity contribution < 1.29 is 37.3 Å². The van der Waals surface area contributed by atoms with Gasteiger partial charge in [0.05, 0.1) is 11.6 Å². The van der Waals surface area contributed by atoms with Crippen molar-refractivity contribution in [3.63, 3.8) is 0 Å². The van der Waals surface area contributed by atoms with Crippen LogP contribution in [0.5, 0.6) is 11.9 Å². The summed E-state index contributed by atoms with van der Waals surface area (Å²) in [4.78, 5) is 50.0. The predicted molar refractivity (Wildman–Crippen MR) is 184 cm³/mol. The number of carbonyl (C=O) groups is 2. The van der Waals surface area contributed by atoms with Crippen LogP contribution in [-0.4, -0.2) is 91.8 Å². The van der Waals surface area contributed by atoms with Crippen LogP contribution in [0.2, 0.25) is 5.15 Å². The summed E-state index contributed by atoms with van der Waals surface area (Å²) < 4.78 is 54.1. The molecule has 3 aromatic rings. The Kier molecular flexibility index (Phi) is 8.88. The maximum atomic E-state index is 15.8. The number of rotatable bonds is 6. The molecule has 1 saturated carbocycles. The van der Waals surface area contributed by atoms with Crippen molar-refractivity contribution in [1.29, 1.82) is 0 Å². The summed E-state index contributed by atoms with van der Waals surface area (Å²) in [6.07, 6.45) is 1.59.